The fourth-order valence-electron chi connectivity index (χ4n) is 3.35. The van der Waals surface area contributed by atoms with Crippen molar-refractivity contribution < 1.29 is 4.74 Å². The topological polar surface area (TPSA) is 27.7 Å². The van der Waals surface area contributed by atoms with Gasteiger partial charge in [-0.05, 0) is 43.8 Å². The summed E-state index contributed by atoms with van der Waals surface area (Å²) in [6.07, 6.45) is 2.26. The molecular weight excluding hydrogens is 330 g/mol. The molecule has 2 aliphatic rings. The number of rotatable bonds is 4. The second kappa shape index (κ2) is 8.13. The van der Waals surface area contributed by atoms with E-state index in [0.717, 1.165) is 44.0 Å². The minimum Gasteiger partial charge on any atom is -0.476 e. The van der Waals surface area contributed by atoms with Crippen molar-refractivity contribution >= 4 is 23.3 Å². The first kappa shape index (κ1) is 16.8. The molecule has 1 saturated heterocycles. The number of hydrogen-bond donors (Lipinski definition) is 1. The van der Waals surface area contributed by atoms with Crippen molar-refractivity contribution in [3.63, 3.8) is 0 Å². The molecule has 0 radical (unpaired) electrons. The first-order valence-electron chi connectivity index (χ1n) is 9.11. The molecule has 2 aromatic rings. The lowest BCUT2D eigenvalue weighted by molar-refractivity contribution is 0.223. The minimum atomic E-state index is 0.145. The summed E-state index contributed by atoms with van der Waals surface area (Å²) in [7, 11) is 0. The molecule has 1 fully saturated rings. The molecule has 4 rings (SSSR count). The van der Waals surface area contributed by atoms with Gasteiger partial charge in [-0.25, -0.2) is 0 Å². The van der Waals surface area contributed by atoms with E-state index in [1.54, 1.807) is 11.9 Å². The Balaban J connectivity index is 1.47. The lowest BCUT2D eigenvalue weighted by Crippen LogP contribution is -2.33. The number of para-hydroxylation sites is 3. The molecule has 2 aliphatic heterocycles. The van der Waals surface area contributed by atoms with Gasteiger partial charge in [-0.3, -0.25) is 4.31 Å². The lowest BCUT2D eigenvalue weighted by Gasteiger charge is -2.35. The molecule has 2 aromatic carbocycles. The van der Waals surface area contributed by atoms with E-state index in [0.29, 0.717) is 0 Å². The van der Waals surface area contributed by atoms with Gasteiger partial charge < -0.3 is 15.0 Å². The van der Waals surface area contributed by atoms with Crippen LogP contribution < -0.4 is 14.4 Å². The number of nitrogens with one attached hydrogen (secondary N) is 1. The maximum atomic E-state index is 6.28. The monoisotopic (exact) mass is 355 g/mol. The SMILES string of the molecule is c1ccc(N2SC(CCN3CCCNCC3)Oc3ccccc32)cc1. The summed E-state index contributed by atoms with van der Waals surface area (Å²) in [5.74, 6) is 0.979. The van der Waals surface area contributed by atoms with Crippen LogP contribution in [-0.4, -0.2) is 43.1 Å². The van der Waals surface area contributed by atoms with E-state index in [1.165, 1.54) is 18.7 Å². The smallest absolute Gasteiger partial charge is 0.165 e. The van der Waals surface area contributed by atoms with Gasteiger partial charge in [0.25, 0.3) is 0 Å². The fraction of sp³-hybridized carbons (Fsp3) is 0.400. The van der Waals surface area contributed by atoms with Crippen LogP contribution in [0.15, 0.2) is 54.6 Å². The van der Waals surface area contributed by atoms with Crippen molar-refractivity contribution in [2.75, 3.05) is 37.0 Å². The summed E-state index contributed by atoms with van der Waals surface area (Å²) in [5.41, 5.74) is 2.48. The number of ether oxygens (including phenoxy) is 1. The Labute approximate surface area is 154 Å². The first-order chi connectivity index (χ1) is 12.4. The fourth-order valence-corrected chi connectivity index (χ4v) is 4.45. The number of anilines is 2. The standard InChI is InChI=1S/C20H25N3OS/c1-2-7-17(8-3-1)23-18-9-4-5-10-19(18)24-20(25-23)11-15-22-14-6-12-21-13-16-22/h1-5,7-10,20-21H,6,11-16H2. The molecule has 2 heterocycles. The van der Waals surface area contributed by atoms with Gasteiger partial charge in [0, 0.05) is 38.0 Å². The van der Waals surface area contributed by atoms with E-state index in [-0.39, 0.29) is 5.44 Å². The van der Waals surface area contributed by atoms with E-state index in [1.807, 2.05) is 0 Å². The minimum absolute atomic E-state index is 0.145. The number of nitrogens with zero attached hydrogens (tertiary/aromatic N) is 2. The second-order valence-electron chi connectivity index (χ2n) is 6.48. The molecule has 4 nitrogen and oxygen atoms in total. The third-order valence-corrected chi connectivity index (χ3v) is 5.86. The Morgan fingerprint density at radius 3 is 2.76 bits per heavy atom. The van der Waals surface area contributed by atoms with Gasteiger partial charge in [0.05, 0.1) is 11.4 Å². The zero-order valence-electron chi connectivity index (χ0n) is 14.4. The zero-order valence-corrected chi connectivity index (χ0v) is 15.3. The molecule has 0 aliphatic carbocycles. The highest BCUT2D eigenvalue weighted by Gasteiger charge is 2.28. The van der Waals surface area contributed by atoms with Crippen LogP contribution in [0, 0.1) is 0 Å². The van der Waals surface area contributed by atoms with Crippen molar-refractivity contribution in [2.45, 2.75) is 18.3 Å². The van der Waals surface area contributed by atoms with E-state index in [4.69, 9.17) is 4.74 Å². The van der Waals surface area contributed by atoms with Gasteiger partial charge >= 0.3 is 0 Å². The summed E-state index contributed by atoms with van der Waals surface area (Å²) >= 11 is 1.79. The van der Waals surface area contributed by atoms with E-state index in [2.05, 4.69) is 69.1 Å². The van der Waals surface area contributed by atoms with Gasteiger partial charge in [-0.2, -0.15) is 0 Å². The van der Waals surface area contributed by atoms with Crippen LogP contribution in [0.25, 0.3) is 0 Å². The summed E-state index contributed by atoms with van der Waals surface area (Å²) in [6, 6.07) is 18.9. The van der Waals surface area contributed by atoms with Crippen LogP contribution in [0.5, 0.6) is 5.75 Å². The molecule has 0 spiro atoms. The largest absolute Gasteiger partial charge is 0.476 e. The Bertz CT molecular complexity index is 674. The zero-order chi connectivity index (χ0) is 16.9. The summed E-state index contributed by atoms with van der Waals surface area (Å²) in [4.78, 5) is 2.55. The second-order valence-corrected chi connectivity index (χ2v) is 7.59. The van der Waals surface area contributed by atoms with Crippen LogP contribution in [-0.2, 0) is 0 Å². The van der Waals surface area contributed by atoms with Crippen LogP contribution in [0.2, 0.25) is 0 Å². The van der Waals surface area contributed by atoms with Gasteiger partial charge in [-0.1, -0.05) is 30.3 Å². The molecule has 25 heavy (non-hydrogen) atoms. The summed E-state index contributed by atoms with van der Waals surface area (Å²) in [5, 5.41) is 3.47. The average molecular weight is 356 g/mol. The Hall–Kier alpha value is -1.69. The highest BCUT2D eigenvalue weighted by atomic mass is 32.2. The third-order valence-electron chi connectivity index (χ3n) is 4.67. The third kappa shape index (κ3) is 4.11. The molecule has 0 amide bonds. The van der Waals surface area contributed by atoms with Gasteiger partial charge in [0.1, 0.15) is 5.75 Å². The first-order valence-corrected chi connectivity index (χ1v) is 9.94. The van der Waals surface area contributed by atoms with E-state index in [9.17, 15) is 0 Å². The van der Waals surface area contributed by atoms with Crippen molar-refractivity contribution in [3.05, 3.63) is 54.6 Å². The summed E-state index contributed by atoms with van der Waals surface area (Å²) < 4.78 is 8.60. The van der Waals surface area contributed by atoms with Gasteiger partial charge in [0.15, 0.2) is 5.44 Å². The molecule has 132 valence electrons. The van der Waals surface area contributed by atoms with E-state index < -0.39 is 0 Å². The molecule has 0 bridgehead atoms. The number of fused-ring (bicyclic) bond motifs is 1. The maximum Gasteiger partial charge on any atom is 0.165 e. The van der Waals surface area contributed by atoms with Crippen LogP contribution >= 0.6 is 11.9 Å². The van der Waals surface area contributed by atoms with Gasteiger partial charge in [0.2, 0.25) is 0 Å². The Morgan fingerprint density at radius 2 is 1.84 bits per heavy atom. The van der Waals surface area contributed by atoms with Crippen molar-refractivity contribution in [1.82, 2.24) is 10.2 Å². The van der Waals surface area contributed by atoms with Crippen molar-refractivity contribution in [2.24, 2.45) is 0 Å². The normalized spacial score (nSPS) is 21.3. The Kier molecular flexibility index (Phi) is 5.45. The average Bonchev–Trinajstić information content (AvgIpc) is 2.95. The maximum absolute atomic E-state index is 6.28. The van der Waals surface area contributed by atoms with Crippen LogP contribution in [0.1, 0.15) is 12.8 Å². The number of benzene rings is 2. The molecule has 1 atom stereocenters. The number of hydrogen-bond acceptors (Lipinski definition) is 5. The predicted molar refractivity (Wildman–Crippen MR) is 106 cm³/mol. The van der Waals surface area contributed by atoms with Crippen LogP contribution in [0.3, 0.4) is 0 Å². The van der Waals surface area contributed by atoms with Crippen LogP contribution in [0.4, 0.5) is 11.4 Å². The predicted octanol–water partition coefficient (Wildman–Crippen LogP) is 3.88. The Morgan fingerprint density at radius 1 is 1.00 bits per heavy atom. The van der Waals surface area contributed by atoms with Gasteiger partial charge in [-0.15, -0.1) is 0 Å². The molecule has 0 saturated carbocycles. The molecule has 1 N–H and O–H groups in total. The highest BCUT2D eigenvalue weighted by Crippen LogP contribution is 2.45. The lowest BCUT2D eigenvalue weighted by atomic mass is 10.2. The van der Waals surface area contributed by atoms with Crippen molar-refractivity contribution in [1.29, 1.82) is 0 Å². The highest BCUT2D eigenvalue weighted by molar-refractivity contribution is 8.01. The summed E-state index contributed by atoms with van der Waals surface area (Å²) in [6.45, 7) is 5.64. The molecule has 5 heteroatoms. The quantitative estimate of drug-likeness (QED) is 0.841. The molecule has 0 aromatic heterocycles. The molecular formula is C20H25N3OS. The van der Waals surface area contributed by atoms with Crippen molar-refractivity contribution in [3.8, 4) is 5.75 Å². The molecule has 1 unspecified atom stereocenters. The van der Waals surface area contributed by atoms with E-state index >= 15 is 0 Å².